The summed E-state index contributed by atoms with van der Waals surface area (Å²) in [7, 11) is 0. The Balaban J connectivity index is 1.62. The Labute approximate surface area is 177 Å². The molecule has 0 N–H and O–H groups in total. The molecule has 1 unspecified atom stereocenters. The molecule has 0 aliphatic carbocycles. The van der Waals surface area contributed by atoms with E-state index in [2.05, 4.69) is 36.1 Å². The van der Waals surface area contributed by atoms with E-state index in [1.807, 2.05) is 43.0 Å². The van der Waals surface area contributed by atoms with E-state index in [1.54, 1.807) is 6.92 Å². The molecule has 0 amide bonds. The monoisotopic (exact) mass is 415 g/mol. The van der Waals surface area contributed by atoms with Crippen LogP contribution in [0.3, 0.4) is 0 Å². The third-order valence-electron chi connectivity index (χ3n) is 4.77. The first-order chi connectivity index (χ1) is 14.1. The van der Waals surface area contributed by atoms with Gasteiger partial charge in [0, 0.05) is 30.2 Å². The highest BCUT2D eigenvalue weighted by molar-refractivity contribution is 7.99. The van der Waals surface area contributed by atoms with Crippen molar-refractivity contribution in [2.75, 3.05) is 30.4 Å². The number of carbonyl (C=O) groups excluding carboxylic acids is 1. The molecule has 29 heavy (non-hydrogen) atoms. The predicted octanol–water partition coefficient (Wildman–Crippen LogP) is 4.53. The average molecular weight is 416 g/mol. The number of benzene rings is 2. The zero-order valence-corrected chi connectivity index (χ0v) is 18.1. The van der Waals surface area contributed by atoms with Crippen LogP contribution in [0, 0.1) is 0 Å². The summed E-state index contributed by atoms with van der Waals surface area (Å²) >= 11 is 1.89. The molecular formula is C23H29NO4S. The van der Waals surface area contributed by atoms with E-state index in [0.29, 0.717) is 19.6 Å². The van der Waals surface area contributed by atoms with E-state index < -0.39 is 6.10 Å². The number of fused-ring (bicyclic) bond motifs is 1. The average Bonchev–Trinajstić information content (AvgIpc) is 2.74. The lowest BCUT2D eigenvalue weighted by Gasteiger charge is -2.35. The summed E-state index contributed by atoms with van der Waals surface area (Å²) in [5, 5.41) is 0. The van der Waals surface area contributed by atoms with Crippen LogP contribution in [0.15, 0.2) is 53.4 Å². The maximum absolute atomic E-state index is 12.0. The van der Waals surface area contributed by atoms with Gasteiger partial charge in [0.05, 0.1) is 12.3 Å². The minimum absolute atomic E-state index is 0.0707. The van der Waals surface area contributed by atoms with E-state index in [9.17, 15) is 4.79 Å². The number of ether oxygens (including phenoxy) is 3. The van der Waals surface area contributed by atoms with Crippen LogP contribution in [0.1, 0.15) is 26.3 Å². The van der Waals surface area contributed by atoms with E-state index >= 15 is 0 Å². The number of hydrogen-bond donors (Lipinski definition) is 0. The molecule has 3 rings (SSSR count). The topological polar surface area (TPSA) is 48.0 Å². The van der Waals surface area contributed by atoms with Crippen molar-refractivity contribution in [2.24, 2.45) is 0 Å². The Kier molecular flexibility index (Phi) is 7.83. The normalized spacial score (nSPS) is 15.3. The van der Waals surface area contributed by atoms with Gasteiger partial charge >= 0.3 is 5.97 Å². The van der Waals surface area contributed by atoms with Gasteiger partial charge in [-0.15, -0.1) is 11.8 Å². The van der Waals surface area contributed by atoms with Gasteiger partial charge < -0.3 is 19.1 Å². The molecule has 6 heteroatoms. The van der Waals surface area contributed by atoms with Crippen LogP contribution in [-0.4, -0.2) is 43.8 Å². The van der Waals surface area contributed by atoms with Crippen LogP contribution in [0.25, 0.3) is 0 Å². The Morgan fingerprint density at radius 3 is 2.59 bits per heavy atom. The lowest BCUT2D eigenvalue weighted by atomic mass is 10.1. The quantitative estimate of drug-likeness (QED) is 0.561. The van der Waals surface area contributed by atoms with Gasteiger partial charge in [-0.1, -0.05) is 24.3 Å². The number of para-hydroxylation sites is 1. The summed E-state index contributed by atoms with van der Waals surface area (Å²) in [4.78, 5) is 15.6. The van der Waals surface area contributed by atoms with Crippen molar-refractivity contribution >= 4 is 23.4 Å². The van der Waals surface area contributed by atoms with Crippen molar-refractivity contribution in [1.29, 1.82) is 0 Å². The molecule has 0 spiro atoms. The third-order valence-corrected chi connectivity index (χ3v) is 5.81. The summed E-state index contributed by atoms with van der Waals surface area (Å²) in [6, 6.07) is 16.3. The van der Waals surface area contributed by atoms with Gasteiger partial charge in [0.1, 0.15) is 5.75 Å². The zero-order valence-electron chi connectivity index (χ0n) is 17.3. The summed E-state index contributed by atoms with van der Waals surface area (Å²) in [6.07, 6.45) is -0.161. The minimum atomic E-state index is -0.576. The number of rotatable bonds is 9. The van der Waals surface area contributed by atoms with Crippen molar-refractivity contribution in [3.8, 4) is 5.75 Å². The summed E-state index contributed by atoms with van der Waals surface area (Å²) in [5.74, 6) is 1.54. The third kappa shape index (κ3) is 5.67. The van der Waals surface area contributed by atoms with Gasteiger partial charge in [0.25, 0.3) is 0 Å². The molecule has 1 heterocycles. The Hall–Kier alpha value is -2.18. The number of nitrogens with zero attached hydrogens (tertiary/aromatic N) is 1. The number of carbonyl (C=O) groups is 1. The highest BCUT2D eigenvalue weighted by atomic mass is 32.2. The number of hydrogen-bond acceptors (Lipinski definition) is 6. The van der Waals surface area contributed by atoms with Crippen LogP contribution in [-0.2, 0) is 20.7 Å². The van der Waals surface area contributed by atoms with Crippen molar-refractivity contribution < 1.29 is 19.0 Å². The SMILES string of the molecule is CCOC(=O)[C@H](Cc1ccc(OC(C)N2CCSc3ccccc32)cc1)OCC. The first-order valence-corrected chi connectivity index (χ1v) is 11.1. The van der Waals surface area contributed by atoms with Crippen molar-refractivity contribution in [3.63, 3.8) is 0 Å². The van der Waals surface area contributed by atoms with Crippen LogP contribution in [0.2, 0.25) is 0 Å². The van der Waals surface area contributed by atoms with E-state index in [4.69, 9.17) is 14.2 Å². The molecular weight excluding hydrogens is 386 g/mol. The molecule has 2 atom stereocenters. The van der Waals surface area contributed by atoms with Gasteiger partial charge in [-0.3, -0.25) is 0 Å². The first kappa shape index (κ1) is 21.5. The maximum Gasteiger partial charge on any atom is 0.335 e. The molecule has 0 aromatic heterocycles. The fraction of sp³-hybridized carbons (Fsp3) is 0.435. The predicted molar refractivity (Wildman–Crippen MR) is 117 cm³/mol. The lowest BCUT2D eigenvalue weighted by molar-refractivity contribution is -0.156. The first-order valence-electron chi connectivity index (χ1n) is 10.1. The Morgan fingerprint density at radius 1 is 1.10 bits per heavy atom. The second-order valence-electron chi connectivity index (χ2n) is 6.77. The number of anilines is 1. The standard InChI is InChI=1S/C23H29NO4S/c1-4-26-21(23(25)27-5-2)16-18-10-12-19(13-11-18)28-17(3)24-14-15-29-22-9-7-6-8-20(22)24/h6-13,17,21H,4-5,14-16H2,1-3H3/t17?,21-/m0/s1. The summed E-state index contributed by atoms with van der Waals surface area (Å²) < 4.78 is 16.9. The van der Waals surface area contributed by atoms with E-state index in [-0.39, 0.29) is 12.2 Å². The molecule has 0 saturated carbocycles. The molecule has 2 aromatic rings. The second kappa shape index (κ2) is 10.6. The number of thioether (sulfide) groups is 1. The molecule has 0 fully saturated rings. The van der Waals surface area contributed by atoms with Crippen LogP contribution in [0.4, 0.5) is 5.69 Å². The van der Waals surface area contributed by atoms with E-state index in [1.165, 1.54) is 10.6 Å². The Bertz CT molecular complexity index is 796. The van der Waals surface area contributed by atoms with Crippen molar-refractivity contribution in [2.45, 2.75) is 44.4 Å². The molecule has 156 valence electrons. The fourth-order valence-electron chi connectivity index (χ4n) is 3.39. The van der Waals surface area contributed by atoms with Gasteiger partial charge in [-0.2, -0.15) is 0 Å². The molecule has 0 radical (unpaired) electrons. The largest absolute Gasteiger partial charge is 0.471 e. The molecule has 5 nitrogen and oxygen atoms in total. The molecule has 1 aliphatic heterocycles. The van der Waals surface area contributed by atoms with Crippen molar-refractivity contribution in [1.82, 2.24) is 0 Å². The lowest BCUT2D eigenvalue weighted by Crippen LogP contribution is -2.40. The fourth-order valence-corrected chi connectivity index (χ4v) is 4.41. The maximum atomic E-state index is 12.0. The molecule has 2 aromatic carbocycles. The second-order valence-corrected chi connectivity index (χ2v) is 7.91. The molecule has 0 bridgehead atoms. The smallest absolute Gasteiger partial charge is 0.335 e. The molecule has 0 saturated heterocycles. The van der Waals surface area contributed by atoms with Crippen LogP contribution < -0.4 is 9.64 Å². The van der Waals surface area contributed by atoms with Crippen LogP contribution in [0.5, 0.6) is 5.75 Å². The van der Waals surface area contributed by atoms with Gasteiger partial charge in [0.15, 0.2) is 12.3 Å². The molecule has 1 aliphatic rings. The van der Waals surface area contributed by atoms with Gasteiger partial charge in [0.2, 0.25) is 0 Å². The Morgan fingerprint density at radius 2 is 1.86 bits per heavy atom. The van der Waals surface area contributed by atoms with Crippen LogP contribution >= 0.6 is 11.8 Å². The van der Waals surface area contributed by atoms with E-state index in [0.717, 1.165) is 23.6 Å². The van der Waals surface area contributed by atoms with Crippen molar-refractivity contribution in [3.05, 3.63) is 54.1 Å². The van der Waals surface area contributed by atoms with Gasteiger partial charge in [-0.25, -0.2) is 4.79 Å². The summed E-state index contributed by atoms with van der Waals surface area (Å²) in [5.41, 5.74) is 2.23. The summed E-state index contributed by atoms with van der Waals surface area (Å²) in [6.45, 7) is 7.53. The number of esters is 1. The van der Waals surface area contributed by atoms with Gasteiger partial charge in [-0.05, 0) is 50.6 Å². The minimum Gasteiger partial charge on any atom is -0.471 e. The zero-order chi connectivity index (χ0) is 20.6. The highest BCUT2D eigenvalue weighted by Crippen LogP contribution is 2.35. The highest BCUT2D eigenvalue weighted by Gasteiger charge is 2.23.